The summed E-state index contributed by atoms with van der Waals surface area (Å²) in [6, 6.07) is 0. The van der Waals surface area contributed by atoms with Crippen LogP contribution in [0.15, 0.2) is 11.1 Å². The number of aliphatic hydroxyl groups is 2. The molecule has 14 heteroatoms. The fourth-order valence-corrected chi connectivity index (χ4v) is 3.03. The zero-order chi connectivity index (χ0) is 18.6. The molecule has 0 spiro atoms. The highest BCUT2D eigenvalue weighted by Crippen LogP contribution is 2.41. The van der Waals surface area contributed by atoms with Crippen LogP contribution in [-0.4, -0.2) is 59.0 Å². The van der Waals surface area contributed by atoms with Gasteiger partial charge in [0.1, 0.15) is 17.8 Å². The number of aromatic nitrogens is 4. The molecule has 1 fully saturated rings. The Morgan fingerprint density at radius 1 is 1.60 bits per heavy atom. The third kappa shape index (κ3) is 3.18. The van der Waals surface area contributed by atoms with Crippen LogP contribution < -0.4 is 16.8 Å². The van der Waals surface area contributed by atoms with Crippen molar-refractivity contribution in [3.63, 3.8) is 0 Å². The zero-order valence-corrected chi connectivity index (χ0v) is 13.8. The van der Waals surface area contributed by atoms with Gasteiger partial charge in [-0.3, -0.25) is 18.9 Å². The number of aliphatic hydroxyl groups excluding tert-OH is 1. The molecular formula is C11H17N6O7P. The van der Waals surface area contributed by atoms with Crippen LogP contribution >= 0.6 is 7.75 Å². The van der Waals surface area contributed by atoms with E-state index < -0.39 is 43.9 Å². The summed E-state index contributed by atoms with van der Waals surface area (Å²) in [6.45, 7) is 0.743. The van der Waals surface area contributed by atoms with Crippen molar-refractivity contribution in [1.29, 1.82) is 0 Å². The molecule has 3 rings (SSSR count). The molecule has 5 atom stereocenters. The van der Waals surface area contributed by atoms with Crippen LogP contribution in [0.25, 0.3) is 11.2 Å². The first-order valence-corrected chi connectivity index (χ1v) is 8.69. The molecule has 1 unspecified atom stereocenters. The van der Waals surface area contributed by atoms with Gasteiger partial charge in [0.25, 0.3) is 5.56 Å². The van der Waals surface area contributed by atoms with Gasteiger partial charge in [-0.2, -0.15) is 4.98 Å². The zero-order valence-electron chi connectivity index (χ0n) is 12.9. The number of nitrogens with two attached hydrogens (primary N) is 2. The van der Waals surface area contributed by atoms with Crippen molar-refractivity contribution in [3.05, 3.63) is 16.7 Å². The molecular weight excluding hydrogens is 359 g/mol. The predicted molar refractivity (Wildman–Crippen MR) is 83.1 cm³/mol. The Bertz CT molecular complexity index is 904. The summed E-state index contributed by atoms with van der Waals surface area (Å²) in [5.74, 6) is -0.165. The molecule has 1 aliphatic heterocycles. The van der Waals surface area contributed by atoms with Crippen molar-refractivity contribution >= 4 is 24.9 Å². The summed E-state index contributed by atoms with van der Waals surface area (Å²) < 4.78 is 22.3. The van der Waals surface area contributed by atoms with Crippen LogP contribution in [0.2, 0.25) is 0 Å². The lowest BCUT2D eigenvalue weighted by atomic mass is 9.96. The van der Waals surface area contributed by atoms with Crippen molar-refractivity contribution in [2.24, 2.45) is 5.50 Å². The number of H-pyrrole nitrogens is 1. The molecule has 138 valence electrons. The van der Waals surface area contributed by atoms with Gasteiger partial charge in [-0.25, -0.2) is 15.1 Å². The third-order valence-electron chi connectivity index (χ3n) is 3.88. The summed E-state index contributed by atoms with van der Waals surface area (Å²) in [5, 5.41) is 20.9. The number of fused-ring (bicyclic) bond motifs is 1. The topological polar surface area (TPSA) is 212 Å². The molecule has 0 aromatic carbocycles. The van der Waals surface area contributed by atoms with Gasteiger partial charge in [0.2, 0.25) is 5.95 Å². The largest absolute Gasteiger partial charge is 0.400 e. The van der Waals surface area contributed by atoms with Crippen LogP contribution in [0.1, 0.15) is 13.2 Å². The lowest BCUT2D eigenvalue weighted by Crippen LogP contribution is -2.44. The van der Waals surface area contributed by atoms with E-state index in [1.165, 1.54) is 17.8 Å². The lowest BCUT2D eigenvalue weighted by molar-refractivity contribution is -0.0948. The fourth-order valence-electron chi connectivity index (χ4n) is 2.67. The highest BCUT2D eigenvalue weighted by Gasteiger charge is 2.53. The van der Waals surface area contributed by atoms with E-state index in [1.54, 1.807) is 0 Å². The number of ether oxygens (including phenoxy) is 1. The molecule has 0 aliphatic carbocycles. The van der Waals surface area contributed by atoms with E-state index in [-0.39, 0.29) is 17.1 Å². The van der Waals surface area contributed by atoms with Gasteiger partial charge < -0.3 is 25.6 Å². The Morgan fingerprint density at radius 3 is 2.92 bits per heavy atom. The summed E-state index contributed by atoms with van der Waals surface area (Å²) in [6.07, 6.45) is -2.67. The van der Waals surface area contributed by atoms with Crippen molar-refractivity contribution in [2.75, 3.05) is 12.3 Å². The first-order chi connectivity index (χ1) is 11.5. The van der Waals surface area contributed by atoms with Gasteiger partial charge >= 0.3 is 7.75 Å². The molecule has 25 heavy (non-hydrogen) atoms. The van der Waals surface area contributed by atoms with E-state index in [0.29, 0.717) is 0 Å². The van der Waals surface area contributed by atoms with Crippen LogP contribution in [-0.2, 0) is 13.8 Å². The maximum Gasteiger partial charge on any atom is 0.400 e. The molecule has 2 aromatic rings. The summed E-state index contributed by atoms with van der Waals surface area (Å²) in [5.41, 5.74) is 7.96. The highest BCUT2D eigenvalue weighted by atomic mass is 31.2. The minimum Gasteiger partial charge on any atom is -0.387 e. The quantitative estimate of drug-likeness (QED) is 0.315. The molecule has 3 heterocycles. The number of hydrogen-bond acceptors (Lipinski definition) is 9. The maximum absolute atomic E-state index is 11.8. The number of nitrogen functional groups attached to an aromatic ring is 1. The number of imidazole rings is 1. The van der Waals surface area contributed by atoms with Gasteiger partial charge in [0.05, 0.1) is 12.9 Å². The highest BCUT2D eigenvalue weighted by molar-refractivity contribution is 7.50. The van der Waals surface area contributed by atoms with Crippen molar-refractivity contribution < 1.29 is 28.9 Å². The van der Waals surface area contributed by atoms with Gasteiger partial charge in [-0.05, 0) is 6.92 Å². The number of aromatic amines is 1. The average molecular weight is 376 g/mol. The van der Waals surface area contributed by atoms with E-state index in [9.17, 15) is 19.6 Å². The van der Waals surface area contributed by atoms with Crippen molar-refractivity contribution in [2.45, 2.75) is 31.0 Å². The predicted octanol–water partition coefficient (Wildman–Crippen LogP) is -2.21. The third-order valence-corrected chi connectivity index (χ3v) is 4.40. The minimum absolute atomic E-state index is 0.0342. The second-order valence-corrected chi connectivity index (χ2v) is 7.22. The summed E-state index contributed by atoms with van der Waals surface area (Å²) in [7, 11) is -4.28. The second-order valence-electron chi connectivity index (χ2n) is 5.83. The normalized spacial score (nSPS) is 32.1. The maximum atomic E-state index is 11.8. The molecule has 1 saturated heterocycles. The molecule has 13 nitrogen and oxygen atoms in total. The van der Waals surface area contributed by atoms with Crippen molar-refractivity contribution in [3.8, 4) is 0 Å². The van der Waals surface area contributed by atoms with Gasteiger partial charge in [0, 0.05) is 0 Å². The fraction of sp³-hybridized carbons (Fsp3) is 0.545. The molecule has 1 aliphatic rings. The van der Waals surface area contributed by atoms with Crippen LogP contribution in [0.3, 0.4) is 0 Å². The SMILES string of the molecule is C[C@@]1(O)[C@@H](n2cnc3c(=O)[nH]c(N)nc32)O[C@@H](COP(N)(=O)O)[C@@H]1O. The van der Waals surface area contributed by atoms with E-state index in [1.807, 2.05) is 0 Å². The van der Waals surface area contributed by atoms with Gasteiger partial charge in [0.15, 0.2) is 17.4 Å². The Labute approximate surface area is 139 Å². The Morgan fingerprint density at radius 2 is 2.28 bits per heavy atom. The number of nitrogens with one attached hydrogen (secondary N) is 1. The van der Waals surface area contributed by atoms with Gasteiger partial charge in [-0.1, -0.05) is 0 Å². The average Bonchev–Trinajstić information content (AvgIpc) is 2.97. The summed E-state index contributed by atoms with van der Waals surface area (Å²) >= 11 is 0. The number of rotatable bonds is 4. The Balaban J connectivity index is 1.97. The monoisotopic (exact) mass is 376 g/mol. The second kappa shape index (κ2) is 5.85. The molecule has 0 bridgehead atoms. The van der Waals surface area contributed by atoms with Crippen molar-refractivity contribution in [1.82, 2.24) is 19.5 Å². The lowest BCUT2D eigenvalue weighted by Gasteiger charge is -2.27. The summed E-state index contributed by atoms with van der Waals surface area (Å²) in [4.78, 5) is 31.0. The minimum atomic E-state index is -4.28. The Hall–Kier alpha value is -1.86. The number of anilines is 1. The Kier molecular flexibility index (Phi) is 4.20. The van der Waals surface area contributed by atoms with Gasteiger partial charge in [-0.15, -0.1) is 0 Å². The van der Waals surface area contributed by atoms with Crippen LogP contribution in [0.4, 0.5) is 5.95 Å². The molecule has 0 saturated carbocycles. The standard InChI is InChI=1S/C11H17N6O7P/c1-11(20)6(18)4(2-23-25(13,21)22)24-9(11)17-3-14-5-7(17)15-10(12)16-8(5)19/h3-4,6,9,18,20H,2H2,1H3,(H3,13,21,22)(H3,12,15,16,19)/t4-,6-,9-,11-/m0/s1. The molecule has 0 amide bonds. The molecule has 8 N–H and O–H groups in total. The smallest absolute Gasteiger partial charge is 0.387 e. The van der Waals surface area contributed by atoms with Crippen LogP contribution in [0, 0.1) is 0 Å². The molecule has 2 aromatic heterocycles. The van der Waals surface area contributed by atoms with E-state index in [4.69, 9.17) is 20.9 Å². The van der Waals surface area contributed by atoms with E-state index >= 15 is 0 Å². The van der Waals surface area contributed by atoms with E-state index in [0.717, 1.165) is 0 Å². The first-order valence-electron chi connectivity index (χ1n) is 7.05. The molecule has 0 radical (unpaired) electrons. The number of hydrogen-bond donors (Lipinski definition) is 6. The van der Waals surface area contributed by atoms with E-state index in [2.05, 4.69) is 19.5 Å². The first kappa shape index (κ1) is 17.9. The van der Waals surface area contributed by atoms with Crippen LogP contribution in [0.5, 0.6) is 0 Å². The number of nitrogens with zero attached hydrogens (tertiary/aromatic N) is 3.